The van der Waals surface area contributed by atoms with Crippen LogP contribution in [-0.4, -0.2) is 25.0 Å². The zero-order valence-electron chi connectivity index (χ0n) is 14.4. The lowest BCUT2D eigenvalue weighted by Crippen LogP contribution is -2.42. The van der Waals surface area contributed by atoms with Gasteiger partial charge in [-0.3, -0.25) is 4.79 Å². The summed E-state index contributed by atoms with van der Waals surface area (Å²) in [5, 5.41) is 2.76. The lowest BCUT2D eigenvalue weighted by Gasteiger charge is -2.20. The minimum Gasteiger partial charge on any atom is -0.467 e. The van der Waals surface area contributed by atoms with Gasteiger partial charge in [-0.05, 0) is 35.4 Å². The number of nitrogens with one attached hydrogen (secondary N) is 1. The zero-order chi connectivity index (χ0) is 16.9. The molecule has 0 aliphatic rings. The van der Waals surface area contributed by atoms with E-state index in [-0.39, 0.29) is 17.2 Å². The van der Waals surface area contributed by atoms with Crippen LogP contribution < -0.4 is 5.32 Å². The predicted molar refractivity (Wildman–Crippen MR) is 87.9 cm³/mol. The fourth-order valence-electron chi connectivity index (χ4n) is 2.19. The summed E-state index contributed by atoms with van der Waals surface area (Å²) in [5.41, 5.74) is 1.75. The van der Waals surface area contributed by atoms with E-state index in [0.717, 1.165) is 5.56 Å². The van der Waals surface area contributed by atoms with Crippen molar-refractivity contribution in [3.8, 4) is 0 Å². The average Bonchev–Trinajstić information content (AvgIpc) is 2.44. The molecule has 4 heteroatoms. The summed E-state index contributed by atoms with van der Waals surface area (Å²) in [6.07, 6.45) is 0.554. The number of hydrogen-bond donors (Lipinski definition) is 1. The Morgan fingerprint density at radius 3 is 2.09 bits per heavy atom. The fourth-order valence-corrected chi connectivity index (χ4v) is 2.19. The Hall–Kier alpha value is -1.84. The van der Waals surface area contributed by atoms with E-state index in [1.54, 1.807) is 12.1 Å². The van der Waals surface area contributed by atoms with Crippen LogP contribution >= 0.6 is 0 Å². The Morgan fingerprint density at radius 1 is 1.14 bits per heavy atom. The highest BCUT2D eigenvalue weighted by Crippen LogP contribution is 2.22. The molecule has 1 amide bonds. The molecule has 0 saturated carbocycles. The van der Waals surface area contributed by atoms with Crippen molar-refractivity contribution in [1.82, 2.24) is 5.32 Å². The first-order chi connectivity index (χ1) is 10.1. The number of esters is 1. The molecular formula is C18H27NO3. The summed E-state index contributed by atoms with van der Waals surface area (Å²) in [6, 6.07) is 6.87. The molecule has 0 spiro atoms. The average molecular weight is 305 g/mol. The Bertz CT molecular complexity index is 512. The van der Waals surface area contributed by atoms with E-state index in [1.165, 1.54) is 7.11 Å². The smallest absolute Gasteiger partial charge is 0.328 e. The van der Waals surface area contributed by atoms with Crippen molar-refractivity contribution < 1.29 is 14.3 Å². The molecule has 1 aromatic rings. The Balaban J connectivity index is 2.83. The number of ether oxygens (including phenoxy) is 1. The van der Waals surface area contributed by atoms with E-state index in [2.05, 4.69) is 26.1 Å². The van der Waals surface area contributed by atoms with Crippen molar-refractivity contribution >= 4 is 11.9 Å². The lowest BCUT2D eigenvalue weighted by atomic mass is 9.86. The van der Waals surface area contributed by atoms with Crippen molar-refractivity contribution in [2.75, 3.05) is 7.11 Å². The molecule has 0 aromatic heterocycles. The van der Waals surface area contributed by atoms with E-state index >= 15 is 0 Å². The lowest BCUT2D eigenvalue weighted by molar-refractivity contribution is -0.143. The maximum Gasteiger partial charge on any atom is 0.328 e. The first-order valence-corrected chi connectivity index (χ1v) is 7.64. The quantitative estimate of drug-likeness (QED) is 0.849. The first-order valence-electron chi connectivity index (χ1n) is 7.64. The Labute approximate surface area is 133 Å². The summed E-state index contributed by atoms with van der Waals surface area (Å²) in [4.78, 5) is 24.1. The maximum absolute atomic E-state index is 12.3. The molecule has 0 bridgehead atoms. The van der Waals surface area contributed by atoms with Crippen molar-refractivity contribution in [1.29, 1.82) is 0 Å². The maximum atomic E-state index is 12.3. The number of rotatable bonds is 5. The van der Waals surface area contributed by atoms with Crippen LogP contribution in [0.2, 0.25) is 0 Å². The number of hydrogen-bond acceptors (Lipinski definition) is 3. The molecule has 122 valence electrons. The molecule has 0 radical (unpaired) electrons. The molecule has 0 saturated heterocycles. The van der Waals surface area contributed by atoms with Crippen molar-refractivity contribution in [2.24, 2.45) is 5.92 Å². The molecular weight excluding hydrogens is 278 g/mol. The van der Waals surface area contributed by atoms with Gasteiger partial charge >= 0.3 is 5.97 Å². The first kappa shape index (κ1) is 18.2. The van der Waals surface area contributed by atoms with Crippen LogP contribution in [0, 0.1) is 5.92 Å². The van der Waals surface area contributed by atoms with Gasteiger partial charge in [0.1, 0.15) is 6.04 Å². The summed E-state index contributed by atoms with van der Waals surface area (Å²) in [7, 11) is 1.33. The highest BCUT2D eigenvalue weighted by Gasteiger charge is 2.23. The number of carbonyl (C=O) groups is 2. The molecule has 0 heterocycles. The van der Waals surface area contributed by atoms with Crippen molar-refractivity contribution in [3.05, 3.63) is 35.4 Å². The minimum atomic E-state index is -0.611. The molecule has 0 unspecified atom stereocenters. The predicted octanol–water partition coefficient (Wildman–Crippen LogP) is 3.30. The molecule has 22 heavy (non-hydrogen) atoms. The van der Waals surface area contributed by atoms with E-state index in [0.29, 0.717) is 12.0 Å². The third kappa shape index (κ3) is 5.17. The summed E-state index contributed by atoms with van der Waals surface area (Å²) < 4.78 is 4.76. The second kappa shape index (κ2) is 7.43. The summed E-state index contributed by atoms with van der Waals surface area (Å²) in [6.45, 7) is 10.4. The van der Waals surface area contributed by atoms with Crippen LogP contribution in [0.1, 0.15) is 57.0 Å². The fraction of sp³-hybridized carbons (Fsp3) is 0.556. The number of carbonyl (C=O) groups excluding carboxylic acids is 2. The van der Waals surface area contributed by atoms with Crippen LogP contribution in [0.4, 0.5) is 0 Å². The van der Waals surface area contributed by atoms with Gasteiger partial charge in [0.2, 0.25) is 0 Å². The standard InChI is InChI=1S/C18H27NO3/c1-12(2)11-15(17(21)22-6)19-16(20)13-7-9-14(10-8-13)18(3,4)5/h7-10,12,15H,11H2,1-6H3,(H,19,20)/t15-/m1/s1. The largest absolute Gasteiger partial charge is 0.467 e. The molecule has 1 atom stereocenters. The van der Waals surface area contributed by atoms with E-state index in [1.807, 2.05) is 26.0 Å². The zero-order valence-corrected chi connectivity index (χ0v) is 14.4. The van der Waals surface area contributed by atoms with E-state index in [9.17, 15) is 9.59 Å². The monoisotopic (exact) mass is 305 g/mol. The third-order valence-corrected chi connectivity index (χ3v) is 3.51. The Kier molecular flexibility index (Phi) is 6.15. The number of amides is 1. The molecule has 1 N–H and O–H groups in total. The molecule has 4 nitrogen and oxygen atoms in total. The highest BCUT2D eigenvalue weighted by molar-refractivity contribution is 5.96. The summed E-state index contributed by atoms with van der Waals surface area (Å²) in [5.74, 6) is -0.377. The van der Waals surface area contributed by atoms with Crippen LogP contribution in [0.5, 0.6) is 0 Å². The highest BCUT2D eigenvalue weighted by atomic mass is 16.5. The van der Waals surface area contributed by atoms with Gasteiger partial charge in [-0.2, -0.15) is 0 Å². The molecule has 0 fully saturated rings. The van der Waals surface area contributed by atoms with Gasteiger partial charge in [-0.1, -0.05) is 46.8 Å². The van der Waals surface area contributed by atoms with Gasteiger partial charge in [-0.15, -0.1) is 0 Å². The van der Waals surface area contributed by atoms with Gasteiger partial charge in [0.05, 0.1) is 7.11 Å². The molecule has 0 aliphatic carbocycles. The normalized spacial score (nSPS) is 12.9. The summed E-state index contributed by atoms with van der Waals surface area (Å²) >= 11 is 0. The molecule has 1 rings (SSSR count). The molecule has 1 aromatic carbocycles. The van der Waals surface area contributed by atoms with Gasteiger partial charge in [-0.25, -0.2) is 4.79 Å². The van der Waals surface area contributed by atoms with Crippen LogP contribution in [0.25, 0.3) is 0 Å². The van der Waals surface area contributed by atoms with Gasteiger partial charge < -0.3 is 10.1 Å². The van der Waals surface area contributed by atoms with E-state index in [4.69, 9.17) is 4.74 Å². The second-order valence-electron chi connectivity index (χ2n) is 7.01. The van der Waals surface area contributed by atoms with Crippen LogP contribution in [0.15, 0.2) is 24.3 Å². The number of benzene rings is 1. The van der Waals surface area contributed by atoms with Gasteiger partial charge in [0.25, 0.3) is 5.91 Å². The third-order valence-electron chi connectivity index (χ3n) is 3.51. The van der Waals surface area contributed by atoms with Crippen LogP contribution in [-0.2, 0) is 14.9 Å². The van der Waals surface area contributed by atoms with E-state index < -0.39 is 12.0 Å². The topological polar surface area (TPSA) is 55.4 Å². The molecule has 0 aliphatic heterocycles. The van der Waals surface area contributed by atoms with Crippen molar-refractivity contribution in [3.63, 3.8) is 0 Å². The minimum absolute atomic E-state index is 0.0429. The van der Waals surface area contributed by atoms with Crippen molar-refractivity contribution in [2.45, 2.75) is 52.5 Å². The SMILES string of the molecule is COC(=O)[C@@H](CC(C)C)NC(=O)c1ccc(C(C)(C)C)cc1. The second-order valence-corrected chi connectivity index (χ2v) is 7.01. The van der Waals surface area contributed by atoms with Crippen LogP contribution in [0.3, 0.4) is 0 Å². The Morgan fingerprint density at radius 2 is 1.68 bits per heavy atom. The number of methoxy groups -OCH3 is 1. The van der Waals surface area contributed by atoms with Gasteiger partial charge in [0, 0.05) is 5.56 Å². The van der Waals surface area contributed by atoms with Gasteiger partial charge in [0.15, 0.2) is 0 Å².